The number of hydrogen-bond donors (Lipinski definition) is 1. The number of carbonyl (C=O) groups is 1. The van der Waals surface area contributed by atoms with Crippen molar-refractivity contribution in [3.63, 3.8) is 0 Å². The summed E-state index contributed by atoms with van der Waals surface area (Å²) in [5.74, 6) is 0.939. The molecule has 0 aliphatic carbocycles. The Kier molecular flexibility index (Phi) is 7.88. The Bertz CT molecular complexity index is 700. The first kappa shape index (κ1) is 20.4. The van der Waals surface area contributed by atoms with E-state index in [1.165, 1.54) is 5.56 Å². The molecule has 28 heavy (non-hydrogen) atoms. The molecule has 0 radical (unpaired) electrons. The van der Waals surface area contributed by atoms with Crippen LogP contribution in [0, 0.1) is 0 Å². The smallest absolute Gasteiger partial charge is 0.220 e. The van der Waals surface area contributed by atoms with Gasteiger partial charge in [0.2, 0.25) is 5.91 Å². The summed E-state index contributed by atoms with van der Waals surface area (Å²) in [6.45, 7) is 5.38. The summed E-state index contributed by atoms with van der Waals surface area (Å²) in [7, 11) is 2.16. The Morgan fingerprint density at radius 3 is 2.32 bits per heavy atom. The van der Waals surface area contributed by atoms with Crippen LogP contribution in [0.3, 0.4) is 0 Å². The van der Waals surface area contributed by atoms with Crippen LogP contribution in [-0.2, 0) is 4.79 Å². The van der Waals surface area contributed by atoms with Crippen molar-refractivity contribution in [3.8, 4) is 5.75 Å². The maximum atomic E-state index is 12.3. The van der Waals surface area contributed by atoms with Gasteiger partial charge in [0.1, 0.15) is 5.75 Å². The van der Waals surface area contributed by atoms with E-state index < -0.39 is 0 Å². The number of para-hydroxylation sites is 1. The largest absolute Gasteiger partial charge is 0.494 e. The zero-order chi connectivity index (χ0) is 19.6. The molecule has 1 aliphatic heterocycles. The van der Waals surface area contributed by atoms with Crippen LogP contribution in [0.1, 0.15) is 24.4 Å². The molecule has 0 aromatic heterocycles. The second-order valence-electron chi connectivity index (χ2n) is 7.33. The summed E-state index contributed by atoms with van der Waals surface area (Å²) in [5, 5.41) is 3.14. The molecule has 1 saturated heterocycles. The predicted molar refractivity (Wildman–Crippen MR) is 112 cm³/mol. The summed E-state index contributed by atoms with van der Waals surface area (Å²) in [4.78, 5) is 17.2. The van der Waals surface area contributed by atoms with E-state index in [-0.39, 0.29) is 11.9 Å². The van der Waals surface area contributed by atoms with Gasteiger partial charge in [-0.1, -0.05) is 48.5 Å². The first-order chi connectivity index (χ1) is 13.7. The average Bonchev–Trinajstić information content (AvgIpc) is 2.74. The molecule has 2 aromatic carbocycles. The Morgan fingerprint density at radius 2 is 1.64 bits per heavy atom. The van der Waals surface area contributed by atoms with Crippen LogP contribution in [0.25, 0.3) is 0 Å². The minimum Gasteiger partial charge on any atom is -0.494 e. The fourth-order valence-corrected chi connectivity index (χ4v) is 3.50. The Hall–Kier alpha value is -2.37. The average molecular weight is 382 g/mol. The van der Waals surface area contributed by atoms with Gasteiger partial charge < -0.3 is 15.0 Å². The zero-order valence-electron chi connectivity index (χ0n) is 16.7. The van der Waals surface area contributed by atoms with Crippen molar-refractivity contribution in [1.29, 1.82) is 0 Å². The number of hydrogen-bond acceptors (Lipinski definition) is 4. The summed E-state index contributed by atoms with van der Waals surface area (Å²) in [6, 6.07) is 20.4. The highest BCUT2D eigenvalue weighted by atomic mass is 16.5. The summed E-state index contributed by atoms with van der Waals surface area (Å²) in [5.41, 5.74) is 1.26. The number of ether oxygens (including phenoxy) is 1. The first-order valence-electron chi connectivity index (χ1n) is 10.1. The van der Waals surface area contributed by atoms with E-state index in [2.05, 4.69) is 46.4 Å². The molecule has 0 saturated carbocycles. The van der Waals surface area contributed by atoms with Crippen molar-refractivity contribution in [2.24, 2.45) is 0 Å². The minimum atomic E-state index is 0.0896. The quantitative estimate of drug-likeness (QED) is 0.679. The van der Waals surface area contributed by atoms with Crippen molar-refractivity contribution in [1.82, 2.24) is 15.1 Å². The van der Waals surface area contributed by atoms with E-state index in [1.54, 1.807) is 0 Å². The lowest BCUT2D eigenvalue weighted by Crippen LogP contribution is -2.48. The highest BCUT2D eigenvalue weighted by molar-refractivity contribution is 5.75. The van der Waals surface area contributed by atoms with Crippen LogP contribution >= 0.6 is 0 Å². The second-order valence-corrected chi connectivity index (χ2v) is 7.33. The molecule has 1 aliphatic rings. The van der Waals surface area contributed by atoms with Crippen molar-refractivity contribution >= 4 is 5.91 Å². The number of benzene rings is 2. The van der Waals surface area contributed by atoms with Crippen LogP contribution in [-0.4, -0.2) is 62.1 Å². The van der Waals surface area contributed by atoms with Gasteiger partial charge in [-0.15, -0.1) is 0 Å². The Morgan fingerprint density at radius 1 is 1.00 bits per heavy atom. The third-order valence-corrected chi connectivity index (χ3v) is 5.22. The molecule has 1 N–H and O–H groups in total. The van der Waals surface area contributed by atoms with Crippen LogP contribution in [0.2, 0.25) is 0 Å². The molecule has 1 fully saturated rings. The van der Waals surface area contributed by atoms with Crippen molar-refractivity contribution in [2.75, 3.05) is 46.4 Å². The molecule has 5 nitrogen and oxygen atoms in total. The monoisotopic (exact) mass is 381 g/mol. The molecule has 1 atom stereocenters. The maximum Gasteiger partial charge on any atom is 0.220 e. The third kappa shape index (κ3) is 6.36. The highest BCUT2D eigenvalue weighted by Crippen LogP contribution is 2.21. The van der Waals surface area contributed by atoms with Gasteiger partial charge in [-0.25, -0.2) is 0 Å². The SMILES string of the molecule is CN1CCN(C(CNC(=O)CCCOc2ccccc2)c2ccccc2)CC1. The van der Waals surface area contributed by atoms with Gasteiger partial charge in [-0.05, 0) is 31.2 Å². The van der Waals surface area contributed by atoms with Crippen LogP contribution in [0.15, 0.2) is 60.7 Å². The molecule has 1 heterocycles. The molecule has 2 aromatic rings. The van der Waals surface area contributed by atoms with Crippen LogP contribution in [0.4, 0.5) is 0 Å². The Balaban J connectivity index is 1.45. The molecular formula is C23H31N3O2. The van der Waals surface area contributed by atoms with Crippen molar-refractivity contribution in [2.45, 2.75) is 18.9 Å². The number of amides is 1. The summed E-state index contributed by atoms with van der Waals surface area (Å²) < 4.78 is 5.66. The van der Waals surface area contributed by atoms with Crippen molar-refractivity contribution in [3.05, 3.63) is 66.2 Å². The van der Waals surface area contributed by atoms with E-state index in [1.807, 2.05) is 36.4 Å². The fraction of sp³-hybridized carbons (Fsp3) is 0.435. The number of carbonyl (C=O) groups excluding carboxylic acids is 1. The topological polar surface area (TPSA) is 44.8 Å². The fourth-order valence-electron chi connectivity index (χ4n) is 3.50. The number of rotatable bonds is 9. The summed E-state index contributed by atoms with van der Waals surface area (Å²) >= 11 is 0. The van der Waals surface area contributed by atoms with E-state index in [4.69, 9.17) is 4.74 Å². The number of piperazine rings is 1. The first-order valence-corrected chi connectivity index (χ1v) is 10.1. The zero-order valence-corrected chi connectivity index (χ0v) is 16.7. The normalized spacial score (nSPS) is 16.5. The molecule has 150 valence electrons. The lowest BCUT2D eigenvalue weighted by Gasteiger charge is -2.38. The van der Waals surface area contributed by atoms with Gasteiger partial charge >= 0.3 is 0 Å². The van der Waals surface area contributed by atoms with Gasteiger partial charge in [0.05, 0.1) is 12.6 Å². The van der Waals surface area contributed by atoms with Gasteiger partial charge in [-0.2, -0.15) is 0 Å². The predicted octanol–water partition coefficient (Wildman–Crippen LogP) is 2.95. The minimum absolute atomic E-state index is 0.0896. The highest BCUT2D eigenvalue weighted by Gasteiger charge is 2.24. The van der Waals surface area contributed by atoms with Gasteiger partial charge in [-0.3, -0.25) is 9.69 Å². The van der Waals surface area contributed by atoms with Crippen LogP contribution in [0.5, 0.6) is 5.75 Å². The molecule has 1 amide bonds. The molecular weight excluding hydrogens is 350 g/mol. The Labute approximate surface area is 168 Å². The molecule has 5 heteroatoms. The molecule has 3 rings (SSSR count). The molecule has 0 bridgehead atoms. The van der Waals surface area contributed by atoms with Crippen molar-refractivity contribution < 1.29 is 9.53 Å². The number of likely N-dealkylation sites (N-methyl/N-ethyl adjacent to an activating group) is 1. The van der Waals surface area contributed by atoms with Crippen LogP contribution < -0.4 is 10.1 Å². The molecule has 0 spiro atoms. The van der Waals surface area contributed by atoms with E-state index >= 15 is 0 Å². The molecule has 1 unspecified atom stereocenters. The van der Waals surface area contributed by atoms with E-state index in [0.29, 0.717) is 26.0 Å². The summed E-state index contributed by atoms with van der Waals surface area (Å²) in [6.07, 6.45) is 1.20. The van der Waals surface area contributed by atoms with E-state index in [9.17, 15) is 4.79 Å². The van der Waals surface area contributed by atoms with E-state index in [0.717, 1.165) is 31.9 Å². The number of nitrogens with zero attached hydrogens (tertiary/aromatic N) is 2. The number of nitrogens with one attached hydrogen (secondary N) is 1. The lowest BCUT2D eigenvalue weighted by molar-refractivity contribution is -0.121. The maximum absolute atomic E-state index is 12.3. The lowest BCUT2D eigenvalue weighted by atomic mass is 10.0. The van der Waals surface area contributed by atoms with Gasteiger partial charge in [0.15, 0.2) is 0 Å². The second kappa shape index (κ2) is 10.8. The standard InChI is InChI=1S/C23H31N3O2/c1-25-14-16-26(17-15-25)22(20-9-4-2-5-10-20)19-24-23(27)13-8-18-28-21-11-6-3-7-12-21/h2-7,9-12,22H,8,13-19H2,1H3,(H,24,27). The third-order valence-electron chi connectivity index (χ3n) is 5.22. The van der Waals surface area contributed by atoms with Gasteiger partial charge in [0, 0.05) is 39.1 Å². The van der Waals surface area contributed by atoms with Gasteiger partial charge in [0.25, 0.3) is 0 Å².